The van der Waals surface area contributed by atoms with Crippen LogP contribution >= 0.6 is 0 Å². The lowest BCUT2D eigenvalue weighted by molar-refractivity contribution is 0.415. The number of hydrogen-bond donors (Lipinski definition) is 1. The van der Waals surface area contributed by atoms with E-state index >= 15 is 0 Å². The number of aromatic nitrogens is 3. The lowest BCUT2D eigenvalue weighted by Crippen LogP contribution is -1.98. The molecular formula is C20H16N4O. The van der Waals surface area contributed by atoms with Crippen LogP contribution in [0.4, 0.5) is 5.82 Å². The van der Waals surface area contributed by atoms with Crippen molar-refractivity contribution in [2.24, 2.45) is 0 Å². The highest BCUT2D eigenvalue weighted by Crippen LogP contribution is 2.34. The number of fused-ring (bicyclic) bond motifs is 1. The van der Waals surface area contributed by atoms with Gasteiger partial charge in [0.1, 0.15) is 17.9 Å². The molecule has 5 heteroatoms. The minimum Gasteiger partial charge on any atom is -0.497 e. The highest BCUT2D eigenvalue weighted by Gasteiger charge is 2.14. The first-order valence-electron chi connectivity index (χ1n) is 7.87. The number of rotatable bonds is 3. The van der Waals surface area contributed by atoms with E-state index in [1.165, 1.54) is 6.33 Å². The summed E-state index contributed by atoms with van der Waals surface area (Å²) in [5.74, 6) is 1.19. The summed E-state index contributed by atoms with van der Waals surface area (Å²) in [4.78, 5) is 13.1. The molecule has 2 aromatic heterocycles. The van der Waals surface area contributed by atoms with Crippen LogP contribution in [0.2, 0.25) is 0 Å². The summed E-state index contributed by atoms with van der Waals surface area (Å²) in [5, 5.41) is 0.746. The van der Waals surface area contributed by atoms with Crippen molar-refractivity contribution in [2.45, 2.75) is 0 Å². The van der Waals surface area contributed by atoms with Crippen LogP contribution in [0.25, 0.3) is 33.4 Å². The fraction of sp³-hybridized carbons (Fsp3) is 0.0500. The molecule has 4 rings (SSSR count). The summed E-state index contributed by atoms with van der Waals surface area (Å²) in [6, 6.07) is 19.9. The van der Waals surface area contributed by atoms with Gasteiger partial charge in [0.05, 0.1) is 18.2 Å². The normalized spacial score (nSPS) is 10.8. The molecule has 2 aromatic carbocycles. The number of benzene rings is 2. The third kappa shape index (κ3) is 2.76. The van der Waals surface area contributed by atoms with Gasteiger partial charge in [0, 0.05) is 5.56 Å². The minimum atomic E-state index is 0.412. The number of methoxy groups -OCH3 is 1. The van der Waals surface area contributed by atoms with E-state index < -0.39 is 0 Å². The molecule has 0 spiro atoms. The number of pyridine rings is 1. The molecule has 0 saturated carbocycles. The van der Waals surface area contributed by atoms with Crippen LogP contribution in [0.3, 0.4) is 0 Å². The molecule has 0 aliphatic rings. The van der Waals surface area contributed by atoms with E-state index in [9.17, 15) is 0 Å². The quantitative estimate of drug-likeness (QED) is 0.616. The van der Waals surface area contributed by atoms with Crippen LogP contribution in [0, 0.1) is 0 Å². The summed E-state index contributed by atoms with van der Waals surface area (Å²) in [5.41, 5.74) is 10.5. The van der Waals surface area contributed by atoms with Crippen LogP contribution in [0.5, 0.6) is 5.75 Å². The van der Waals surface area contributed by atoms with Crippen molar-refractivity contribution in [1.82, 2.24) is 15.0 Å². The minimum absolute atomic E-state index is 0.412. The molecule has 0 bridgehead atoms. The van der Waals surface area contributed by atoms with Crippen molar-refractivity contribution in [3.63, 3.8) is 0 Å². The van der Waals surface area contributed by atoms with Gasteiger partial charge in [-0.05, 0) is 29.3 Å². The fourth-order valence-corrected chi connectivity index (χ4v) is 2.86. The van der Waals surface area contributed by atoms with Crippen LogP contribution in [-0.2, 0) is 0 Å². The van der Waals surface area contributed by atoms with Crippen molar-refractivity contribution >= 4 is 16.9 Å². The molecule has 2 heterocycles. The van der Waals surface area contributed by atoms with E-state index in [0.29, 0.717) is 11.5 Å². The van der Waals surface area contributed by atoms with Crippen molar-refractivity contribution < 1.29 is 4.74 Å². The average molecular weight is 328 g/mol. The smallest absolute Gasteiger partial charge is 0.165 e. The van der Waals surface area contributed by atoms with E-state index in [0.717, 1.165) is 33.5 Å². The predicted octanol–water partition coefficient (Wildman–Crippen LogP) is 3.95. The predicted molar refractivity (Wildman–Crippen MR) is 99.2 cm³/mol. The summed E-state index contributed by atoms with van der Waals surface area (Å²) in [6.45, 7) is 0. The summed E-state index contributed by atoms with van der Waals surface area (Å²) >= 11 is 0. The summed E-state index contributed by atoms with van der Waals surface area (Å²) in [7, 11) is 1.65. The lowest BCUT2D eigenvalue weighted by Gasteiger charge is -2.11. The molecule has 0 aliphatic carbocycles. The molecule has 0 atom stereocenters. The van der Waals surface area contributed by atoms with Crippen LogP contribution in [0.15, 0.2) is 67.0 Å². The van der Waals surface area contributed by atoms with Gasteiger partial charge in [0.25, 0.3) is 0 Å². The monoisotopic (exact) mass is 328 g/mol. The Morgan fingerprint density at radius 2 is 1.68 bits per heavy atom. The Labute approximate surface area is 145 Å². The van der Waals surface area contributed by atoms with E-state index in [1.54, 1.807) is 7.11 Å². The summed E-state index contributed by atoms with van der Waals surface area (Å²) in [6.07, 6.45) is 1.44. The molecule has 0 radical (unpaired) electrons. The summed E-state index contributed by atoms with van der Waals surface area (Å²) < 4.78 is 5.36. The third-order valence-electron chi connectivity index (χ3n) is 4.08. The second kappa shape index (κ2) is 6.20. The Morgan fingerprint density at radius 3 is 2.48 bits per heavy atom. The zero-order valence-electron chi connectivity index (χ0n) is 13.7. The van der Waals surface area contributed by atoms with E-state index in [-0.39, 0.29) is 0 Å². The van der Waals surface area contributed by atoms with Crippen molar-refractivity contribution in [3.8, 4) is 28.1 Å². The zero-order valence-corrected chi connectivity index (χ0v) is 13.7. The van der Waals surface area contributed by atoms with Crippen LogP contribution in [0.1, 0.15) is 0 Å². The highest BCUT2D eigenvalue weighted by molar-refractivity contribution is 6.01. The molecule has 25 heavy (non-hydrogen) atoms. The van der Waals surface area contributed by atoms with Gasteiger partial charge in [-0.2, -0.15) is 0 Å². The van der Waals surface area contributed by atoms with Gasteiger partial charge in [0.15, 0.2) is 5.65 Å². The van der Waals surface area contributed by atoms with E-state index in [1.807, 2.05) is 60.7 Å². The Hall–Kier alpha value is -3.47. The largest absolute Gasteiger partial charge is 0.497 e. The average Bonchev–Trinajstić information content (AvgIpc) is 2.68. The standard InChI is InChI=1S/C20H16N4O/c1-25-15-9-5-8-14(10-15)16-11-17(13-6-3-2-4-7-13)24-20-18(16)19(21)22-12-23-20/h2-12H,1H3,(H2,21,22,23,24). The first-order valence-corrected chi connectivity index (χ1v) is 7.87. The Morgan fingerprint density at radius 1 is 0.880 bits per heavy atom. The second-order valence-electron chi connectivity index (χ2n) is 5.61. The Bertz CT molecular complexity index is 1050. The number of anilines is 1. The Kier molecular flexibility index (Phi) is 3.74. The molecule has 0 amide bonds. The van der Waals surface area contributed by atoms with Crippen molar-refractivity contribution in [3.05, 3.63) is 67.0 Å². The third-order valence-corrected chi connectivity index (χ3v) is 4.08. The second-order valence-corrected chi connectivity index (χ2v) is 5.61. The van der Waals surface area contributed by atoms with Crippen molar-refractivity contribution in [1.29, 1.82) is 0 Å². The number of hydrogen-bond acceptors (Lipinski definition) is 5. The maximum absolute atomic E-state index is 6.13. The fourth-order valence-electron chi connectivity index (χ4n) is 2.86. The van der Waals surface area contributed by atoms with E-state index in [2.05, 4.69) is 15.0 Å². The van der Waals surface area contributed by atoms with Crippen LogP contribution < -0.4 is 10.5 Å². The first-order chi connectivity index (χ1) is 12.3. The van der Waals surface area contributed by atoms with Gasteiger partial charge in [-0.15, -0.1) is 0 Å². The van der Waals surface area contributed by atoms with Gasteiger partial charge in [0.2, 0.25) is 0 Å². The first kappa shape index (κ1) is 15.1. The van der Waals surface area contributed by atoms with Gasteiger partial charge in [-0.25, -0.2) is 15.0 Å². The molecule has 4 aromatic rings. The number of ether oxygens (including phenoxy) is 1. The van der Waals surface area contributed by atoms with Gasteiger partial charge >= 0.3 is 0 Å². The van der Waals surface area contributed by atoms with E-state index in [4.69, 9.17) is 10.5 Å². The van der Waals surface area contributed by atoms with Crippen LogP contribution in [-0.4, -0.2) is 22.1 Å². The maximum atomic E-state index is 6.13. The maximum Gasteiger partial charge on any atom is 0.165 e. The number of nitrogen functional groups attached to an aromatic ring is 1. The van der Waals surface area contributed by atoms with Gasteiger partial charge < -0.3 is 10.5 Å². The van der Waals surface area contributed by atoms with Gasteiger partial charge in [-0.3, -0.25) is 0 Å². The molecular weight excluding hydrogens is 312 g/mol. The zero-order chi connectivity index (χ0) is 17.2. The molecule has 2 N–H and O–H groups in total. The number of nitrogens with two attached hydrogens (primary N) is 1. The molecule has 0 fully saturated rings. The topological polar surface area (TPSA) is 73.9 Å². The molecule has 0 aliphatic heterocycles. The number of nitrogens with zero attached hydrogens (tertiary/aromatic N) is 3. The lowest BCUT2D eigenvalue weighted by atomic mass is 9.99. The van der Waals surface area contributed by atoms with Gasteiger partial charge in [-0.1, -0.05) is 42.5 Å². The molecule has 5 nitrogen and oxygen atoms in total. The SMILES string of the molecule is COc1cccc(-c2cc(-c3ccccc3)nc3ncnc(N)c23)c1. The highest BCUT2D eigenvalue weighted by atomic mass is 16.5. The molecule has 0 saturated heterocycles. The molecule has 0 unspecified atom stereocenters. The van der Waals surface area contributed by atoms with Crippen molar-refractivity contribution in [2.75, 3.05) is 12.8 Å². The Balaban J connectivity index is 2.03. The molecule has 122 valence electrons.